The molecule has 0 radical (unpaired) electrons. The Morgan fingerprint density at radius 1 is 1.09 bits per heavy atom. The summed E-state index contributed by atoms with van der Waals surface area (Å²) in [5, 5.41) is 48.1. The van der Waals surface area contributed by atoms with Crippen LogP contribution in [0.25, 0.3) is 12.2 Å². The average Bonchev–Trinajstić information content (AvgIpc) is 3.96. The topological polar surface area (TPSA) is 192 Å². The molecule has 0 aromatic carbocycles. The molecule has 0 amide bonds. The minimum absolute atomic E-state index is 0.00615. The molecule has 0 aliphatic carbocycles. The summed E-state index contributed by atoms with van der Waals surface area (Å²) < 4.78 is 0. The summed E-state index contributed by atoms with van der Waals surface area (Å²) in [5.41, 5.74) is 11.4. The highest BCUT2D eigenvalue weighted by Gasteiger charge is 2.71. The first-order valence-electron chi connectivity index (χ1n) is 16.3. The molecule has 1 aromatic heterocycles. The molecular weight excluding hydrogens is 622 g/mol. The molecular formula is C34H44N5O7S+. The van der Waals surface area contributed by atoms with Crippen LogP contribution in [0.1, 0.15) is 62.0 Å². The molecule has 47 heavy (non-hydrogen) atoms. The maximum Gasteiger partial charge on any atom is 0.303 e. The number of nitrogens with zero attached hydrogens (tertiary/aromatic N) is 1. The van der Waals surface area contributed by atoms with Gasteiger partial charge in [-0.3, -0.25) is 19.7 Å². The van der Waals surface area contributed by atoms with Crippen LogP contribution in [0.15, 0.2) is 46.3 Å². The molecule has 4 fully saturated rings. The summed E-state index contributed by atoms with van der Waals surface area (Å²) in [6.07, 6.45) is 7.21. The van der Waals surface area contributed by atoms with Gasteiger partial charge in [0.1, 0.15) is 0 Å². The van der Waals surface area contributed by atoms with Crippen molar-refractivity contribution in [1.29, 1.82) is 0 Å². The van der Waals surface area contributed by atoms with E-state index in [0.29, 0.717) is 31.1 Å². The number of thiol groups is 1. The van der Waals surface area contributed by atoms with Gasteiger partial charge >= 0.3 is 11.9 Å². The van der Waals surface area contributed by atoms with E-state index in [1.54, 1.807) is 6.08 Å². The lowest BCUT2D eigenvalue weighted by molar-refractivity contribution is -0.138. The number of hydroxylamine groups is 1. The lowest BCUT2D eigenvalue weighted by atomic mass is 9.85. The van der Waals surface area contributed by atoms with Crippen molar-refractivity contribution in [1.82, 2.24) is 26.0 Å². The van der Waals surface area contributed by atoms with E-state index in [2.05, 4.69) is 40.7 Å². The molecule has 0 bridgehead atoms. The number of fused-ring (bicyclic) bond motifs is 1. The molecule has 7 rings (SSSR count). The van der Waals surface area contributed by atoms with Crippen LogP contribution in [0.5, 0.6) is 0 Å². The number of nitrogens with one attached hydrogen (secondary N) is 4. The monoisotopic (exact) mass is 666 g/mol. The largest absolute Gasteiger partial charge is 0.481 e. The van der Waals surface area contributed by atoms with Gasteiger partial charge in [-0.25, -0.2) is 0 Å². The van der Waals surface area contributed by atoms with Crippen LogP contribution in [0, 0.1) is 18.8 Å². The number of allylic oxidation sites excluding steroid dienone is 2. The van der Waals surface area contributed by atoms with Gasteiger partial charge in [-0.1, -0.05) is 12.7 Å². The second-order valence-corrected chi connectivity index (χ2v) is 15.1. The third-order valence-corrected chi connectivity index (χ3v) is 12.1. The third kappa shape index (κ3) is 5.56. The van der Waals surface area contributed by atoms with Crippen LogP contribution in [0.3, 0.4) is 0 Å². The van der Waals surface area contributed by atoms with Crippen LogP contribution < -0.4 is 16.1 Å². The van der Waals surface area contributed by atoms with E-state index in [1.165, 1.54) is 11.8 Å². The standard InChI is InChI=1S/C34H43N5O7S/c1-5-21-18(4)25(37-34(21)38-46-34)10-23-16(2)19(6-8-30(41)42)26(35-23)11-27-20(7-9-31(43)44)17(3)24(36-27)12-28-32(29-14-47-29)22(13-40)33(45)15-39(28)33/h5,11-12,22-23,25,29,32,35-38,40,45H,1,6-10,13-15H2,2-4H3,(H,41,42)(H,43,44)/p+1/b26-11-,28-12+/t22-,23?,25-,29+,32-,33+,34-,39?/m1/s1. The Balaban J connectivity index is 1.23. The van der Waals surface area contributed by atoms with Gasteiger partial charge in [-0.15, -0.1) is 5.48 Å². The van der Waals surface area contributed by atoms with Crippen molar-refractivity contribution < 1.29 is 34.9 Å². The maximum atomic E-state index is 11.7. The van der Waals surface area contributed by atoms with Crippen molar-refractivity contribution in [3.63, 3.8) is 0 Å². The van der Waals surface area contributed by atoms with Crippen molar-refractivity contribution in [3.05, 3.63) is 68.9 Å². The highest BCUT2D eigenvalue weighted by Crippen LogP contribution is 2.58. The van der Waals surface area contributed by atoms with Crippen LogP contribution in [-0.2, 0) is 32.6 Å². The Morgan fingerprint density at radius 3 is 2.38 bits per heavy atom. The molecule has 6 aliphatic heterocycles. The number of rotatable bonds is 13. The molecule has 0 saturated carbocycles. The lowest BCUT2D eigenvalue weighted by Gasteiger charge is -2.20. The molecule has 252 valence electrons. The predicted molar refractivity (Wildman–Crippen MR) is 178 cm³/mol. The minimum atomic E-state index is -1.000. The number of H-pyrrole nitrogens is 1. The number of hydrogen-bond acceptors (Lipinski definition) is 9. The van der Waals surface area contributed by atoms with Gasteiger partial charge < -0.3 is 35.6 Å². The van der Waals surface area contributed by atoms with Crippen molar-refractivity contribution in [2.24, 2.45) is 11.8 Å². The molecule has 6 aliphatic rings. The number of aliphatic hydroxyl groups excluding tert-OH is 1. The SMILES string of the molecule is C=CC1=C(C)[C@@H](CC2N/C(=C\c3[nH]c(/C=C4\[C@H]([C@@H]5C[SH+]5)[C@@H](CO)[C@@]5(O)CN45)c(C)c3CCC(=O)O)C(CCC(=O)O)=C2C)N[C@@]12NO2. The van der Waals surface area contributed by atoms with E-state index in [0.717, 1.165) is 62.0 Å². The quantitative estimate of drug-likeness (QED) is 0.0868. The zero-order valence-corrected chi connectivity index (χ0v) is 27.8. The lowest BCUT2D eigenvalue weighted by Crippen LogP contribution is -2.41. The van der Waals surface area contributed by atoms with Crippen molar-refractivity contribution in [2.45, 2.75) is 81.8 Å². The molecule has 8 N–H and O–H groups in total. The number of carboxylic acids is 2. The summed E-state index contributed by atoms with van der Waals surface area (Å²) in [5.74, 6) is -1.56. The fraction of sp³-hybridized carbons (Fsp3) is 0.529. The molecule has 4 saturated heterocycles. The van der Waals surface area contributed by atoms with Gasteiger partial charge in [-0.2, -0.15) is 0 Å². The molecule has 7 heterocycles. The zero-order chi connectivity index (χ0) is 33.4. The number of aliphatic hydroxyl groups is 2. The molecule has 1 unspecified atom stereocenters. The van der Waals surface area contributed by atoms with Crippen molar-refractivity contribution in [2.75, 3.05) is 18.9 Å². The second-order valence-electron chi connectivity index (χ2n) is 13.7. The van der Waals surface area contributed by atoms with Gasteiger partial charge in [-0.05, 0) is 91.8 Å². The average molecular weight is 667 g/mol. The van der Waals surface area contributed by atoms with E-state index in [9.17, 15) is 30.0 Å². The van der Waals surface area contributed by atoms with Crippen LogP contribution in [0.2, 0.25) is 0 Å². The van der Waals surface area contributed by atoms with E-state index in [4.69, 9.17) is 4.84 Å². The van der Waals surface area contributed by atoms with Gasteiger partial charge in [0, 0.05) is 59.2 Å². The van der Waals surface area contributed by atoms with Crippen LogP contribution in [-0.4, -0.2) is 90.1 Å². The summed E-state index contributed by atoms with van der Waals surface area (Å²) in [7, 11) is 0. The Morgan fingerprint density at radius 2 is 1.79 bits per heavy atom. The highest BCUT2D eigenvalue weighted by atomic mass is 32.2. The number of aliphatic carboxylic acids is 2. The molecule has 12 nitrogen and oxygen atoms in total. The smallest absolute Gasteiger partial charge is 0.303 e. The summed E-state index contributed by atoms with van der Waals surface area (Å²) in [4.78, 5) is 34.4. The number of aromatic nitrogens is 1. The number of carbonyl (C=O) groups is 2. The first-order chi connectivity index (χ1) is 22.4. The van der Waals surface area contributed by atoms with E-state index in [-0.39, 0.29) is 43.4 Å². The maximum absolute atomic E-state index is 11.7. The number of aromatic amines is 1. The van der Waals surface area contributed by atoms with E-state index >= 15 is 0 Å². The zero-order valence-electron chi connectivity index (χ0n) is 26.9. The first-order valence-corrected chi connectivity index (χ1v) is 17.4. The Labute approximate surface area is 277 Å². The second kappa shape index (κ2) is 11.7. The molecule has 1 aromatic rings. The Bertz CT molecular complexity index is 1670. The van der Waals surface area contributed by atoms with Gasteiger partial charge in [0.2, 0.25) is 5.85 Å². The number of carboxylic acid groups (broad SMARTS) is 2. The summed E-state index contributed by atoms with van der Waals surface area (Å²) >= 11 is 1.33. The summed E-state index contributed by atoms with van der Waals surface area (Å²) in [6, 6.07) is -0.0584. The highest BCUT2D eigenvalue weighted by molar-refractivity contribution is 7.86. The normalized spacial score (nSPS) is 35.3. The number of hydrogen-bond donors (Lipinski definition) is 8. The third-order valence-electron chi connectivity index (χ3n) is 11.0. The predicted octanol–water partition coefficient (Wildman–Crippen LogP) is 1.67. The Hall–Kier alpha value is -3.33. The fourth-order valence-corrected chi connectivity index (χ4v) is 9.05. The van der Waals surface area contributed by atoms with Gasteiger partial charge in [0.15, 0.2) is 16.7 Å². The van der Waals surface area contributed by atoms with Crippen molar-refractivity contribution in [3.8, 4) is 0 Å². The van der Waals surface area contributed by atoms with E-state index in [1.807, 2.05) is 24.8 Å². The van der Waals surface area contributed by atoms with Crippen LogP contribution in [0.4, 0.5) is 0 Å². The molecule has 1 spiro atoms. The minimum Gasteiger partial charge on any atom is -0.481 e. The number of piperidine rings is 1. The molecule has 13 heteroatoms. The first kappa shape index (κ1) is 32.2. The van der Waals surface area contributed by atoms with Crippen LogP contribution >= 0.6 is 0 Å². The van der Waals surface area contributed by atoms with Gasteiger partial charge in [0.05, 0.1) is 19.1 Å². The fourth-order valence-electron chi connectivity index (χ4n) is 8.11. The molecule has 7 atom stereocenters. The summed E-state index contributed by atoms with van der Waals surface area (Å²) in [6.45, 7) is 10.5. The van der Waals surface area contributed by atoms with Crippen molar-refractivity contribution >= 4 is 35.9 Å². The van der Waals surface area contributed by atoms with E-state index < -0.39 is 23.5 Å². The van der Waals surface area contributed by atoms with Gasteiger partial charge in [0.25, 0.3) is 0 Å². The Kier molecular flexibility index (Phi) is 8.00.